The van der Waals surface area contributed by atoms with Gasteiger partial charge in [-0.15, -0.1) is 0 Å². The van der Waals surface area contributed by atoms with E-state index in [1.54, 1.807) is 24.4 Å². The number of rotatable bonds is 4. The Morgan fingerprint density at radius 3 is 2.73 bits per heavy atom. The fourth-order valence-electron chi connectivity index (χ4n) is 2.69. The zero-order valence-corrected chi connectivity index (χ0v) is 18.8. The molecule has 0 unspecified atom stereocenters. The summed E-state index contributed by atoms with van der Waals surface area (Å²) in [5, 5.41) is 11.8. The van der Waals surface area contributed by atoms with E-state index in [0.29, 0.717) is 39.2 Å². The molecular formula is C18H11BrCl3N5O3. The van der Waals surface area contributed by atoms with Crippen molar-refractivity contribution >= 4 is 68.2 Å². The Bertz CT molecular complexity index is 1170. The van der Waals surface area contributed by atoms with Crippen molar-refractivity contribution < 1.29 is 14.4 Å². The molecule has 8 nitrogen and oxygen atoms in total. The average Bonchev–Trinajstić information content (AvgIpc) is 3.12. The second kappa shape index (κ2) is 8.81. The van der Waals surface area contributed by atoms with E-state index in [1.807, 2.05) is 0 Å². The number of benzene rings is 1. The molecule has 0 radical (unpaired) electrons. The van der Waals surface area contributed by atoms with E-state index >= 15 is 0 Å². The van der Waals surface area contributed by atoms with Crippen LogP contribution < -0.4 is 5.32 Å². The molecule has 0 saturated carbocycles. The number of ether oxygens (including phenoxy) is 1. The summed E-state index contributed by atoms with van der Waals surface area (Å²) < 4.78 is 7.26. The topological polar surface area (TPSA) is 90.6 Å². The highest BCUT2D eigenvalue weighted by molar-refractivity contribution is 9.10. The number of amides is 1. The Kier molecular flexibility index (Phi) is 6.14. The van der Waals surface area contributed by atoms with E-state index in [1.165, 1.54) is 16.8 Å². The number of hydrogen-bond acceptors (Lipinski definition) is 6. The molecule has 0 atom stereocenters. The molecule has 1 aliphatic rings. The third-order valence-electron chi connectivity index (χ3n) is 3.94. The first-order valence-electron chi connectivity index (χ1n) is 8.44. The third kappa shape index (κ3) is 4.24. The average molecular weight is 532 g/mol. The number of carbonyl (C=O) groups excluding carboxylic acids is 1. The number of halogens is 4. The first-order valence-corrected chi connectivity index (χ1v) is 10.4. The summed E-state index contributed by atoms with van der Waals surface area (Å²) in [6.07, 6.45) is 1.55. The van der Waals surface area contributed by atoms with Gasteiger partial charge in [-0.05, 0) is 45.4 Å². The molecule has 2 aromatic heterocycles. The molecule has 12 heteroatoms. The SMILES string of the molecule is O=C(Nc1c(Cl)cc(Cl)cc1C1=NOCCO1)c1cc(Br)nn1-c1ncccc1Cl. The van der Waals surface area contributed by atoms with Crippen LogP contribution in [0.2, 0.25) is 15.1 Å². The molecule has 4 rings (SSSR count). The maximum absolute atomic E-state index is 13.1. The summed E-state index contributed by atoms with van der Waals surface area (Å²) in [6.45, 7) is 0.617. The van der Waals surface area contributed by atoms with Crippen molar-refractivity contribution in [3.8, 4) is 5.82 Å². The van der Waals surface area contributed by atoms with Gasteiger partial charge in [0.05, 0.1) is 21.3 Å². The summed E-state index contributed by atoms with van der Waals surface area (Å²) >= 11 is 22.0. The lowest BCUT2D eigenvalue weighted by molar-refractivity contribution is 0.0656. The van der Waals surface area contributed by atoms with E-state index < -0.39 is 5.91 Å². The van der Waals surface area contributed by atoms with Gasteiger partial charge in [-0.2, -0.15) is 5.10 Å². The molecule has 154 valence electrons. The highest BCUT2D eigenvalue weighted by atomic mass is 79.9. The van der Waals surface area contributed by atoms with Gasteiger partial charge in [0, 0.05) is 17.3 Å². The van der Waals surface area contributed by atoms with Crippen molar-refractivity contribution in [3.63, 3.8) is 0 Å². The standard InChI is InChI=1S/C18H11BrCl3N5O3/c19-14-8-13(27(25-14)16-11(21)2-1-3-23-16)17(28)24-15-10(6-9(20)7-12(15)22)18-26-30-5-4-29-18/h1-3,6-8H,4-5H2,(H,24,28). The largest absolute Gasteiger partial charge is 0.471 e. The van der Waals surface area contributed by atoms with Crippen LogP contribution in [0.15, 0.2) is 46.3 Å². The van der Waals surface area contributed by atoms with Gasteiger partial charge in [0.25, 0.3) is 11.8 Å². The Labute approximate surface area is 193 Å². The molecular weight excluding hydrogens is 520 g/mol. The van der Waals surface area contributed by atoms with Crippen molar-refractivity contribution in [1.29, 1.82) is 0 Å². The number of anilines is 1. The van der Waals surface area contributed by atoms with E-state index in [9.17, 15) is 4.79 Å². The lowest BCUT2D eigenvalue weighted by Crippen LogP contribution is -2.22. The highest BCUT2D eigenvalue weighted by Crippen LogP contribution is 2.32. The molecule has 0 spiro atoms. The van der Waals surface area contributed by atoms with Crippen LogP contribution in [0.25, 0.3) is 5.82 Å². The lowest BCUT2D eigenvalue weighted by Gasteiger charge is -2.18. The van der Waals surface area contributed by atoms with Gasteiger partial charge in [-0.3, -0.25) is 4.79 Å². The van der Waals surface area contributed by atoms with Crippen molar-refractivity contribution in [2.24, 2.45) is 5.16 Å². The number of oxime groups is 1. The minimum atomic E-state index is -0.516. The van der Waals surface area contributed by atoms with Crippen LogP contribution in [0.1, 0.15) is 16.1 Å². The number of hydrogen-bond donors (Lipinski definition) is 1. The van der Waals surface area contributed by atoms with Gasteiger partial charge in [-0.1, -0.05) is 34.8 Å². The van der Waals surface area contributed by atoms with Crippen molar-refractivity contribution in [3.05, 3.63) is 67.5 Å². The summed E-state index contributed by atoms with van der Waals surface area (Å²) in [4.78, 5) is 22.4. The Morgan fingerprint density at radius 1 is 1.17 bits per heavy atom. The smallest absolute Gasteiger partial charge is 0.274 e. The molecule has 3 heterocycles. The van der Waals surface area contributed by atoms with Crippen LogP contribution in [0.5, 0.6) is 0 Å². The Morgan fingerprint density at radius 2 is 2.00 bits per heavy atom. The molecule has 30 heavy (non-hydrogen) atoms. The first kappa shape index (κ1) is 20.9. The predicted molar refractivity (Wildman–Crippen MR) is 117 cm³/mol. The molecule has 0 saturated heterocycles. The molecule has 3 aromatic rings. The minimum absolute atomic E-state index is 0.156. The second-order valence-electron chi connectivity index (χ2n) is 5.92. The number of pyridine rings is 1. The number of carbonyl (C=O) groups is 1. The van der Waals surface area contributed by atoms with Crippen molar-refractivity contribution in [1.82, 2.24) is 14.8 Å². The first-order chi connectivity index (χ1) is 14.4. The molecule has 1 aliphatic heterocycles. The number of nitrogens with zero attached hydrogens (tertiary/aromatic N) is 4. The summed E-state index contributed by atoms with van der Waals surface area (Å²) in [6, 6.07) is 7.92. The van der Waals surface area contributed by atoms with E-state index in [4.69, 9.17) is 44.4 Å². The second-order valence-corrected chi connectivity index (χ2v) is 7.98. The van der Waals surface area contributed by atoms with Gasteiger partial charge < -0.3 is 14.9 Å². The molecule has 1 amide bonds. The van der Waals surface area contributed by atoms with Gasteiger partial charge in [0.15, 0.2) is 12.4 Å². The number of aromatic nitrogens is 3. The molecule has 0 bridgehead atoms. The van der Waals surface area contributed by atoms with Gasteiger partial charge >= 0.3 is 0 Å². The minimum Gasteiger partial charge on any atom is -0.471 e. The zero-order chi connectivity index (χ0) is 21.3. The molecule has 0 aliphatic carbocycles. The quantitative estimate of drug-likeness (QED) is 0.515. The molecule has 1 aromatic carbocycles. The van der Waals surface area contributed by atoms with E-state index in [0.717, 1.165) is 0 Å². The van der Waals surface area contributed by atoms with Crippen LogP contribution in [-0.4, -0.2) is 39.8 Å². The van der Waals surface area contributed by atoms with E-state index in [-0.39, 0.29) is 22.3 Å². The predicted octanol–water partition coefficient (Wildman–Crippen LogP) is 4.95. The molecule has 0 fully saturated rings. The van der Waals surface area contributed by atoms with Crippen LogP contribution in [0.3, 0.4) is 0 Å². The fourth-order valence-corrected chi connectivity index (χ4v) is 3.81. The van der Waals surface area contributed by atoms with Crippen LogP contribution in [0, 0.1) is 0 Å². The number of nitrogens with one attached hydrogen (secondary N) is 1. The maximum Gasteiger partial charge on any atom is 0.274 e. The van der Waals surface area contributed by atoms with Crippen LogP contribution in [0.4, 0.5) is 5.69 Å². The molecule has 1 N–H and O–H groups in total. The van der Waals surface area contributed by atoms with E-state index in [2.05, 4.69) is 36.5 Å². The Balaban J connectivity index is 1.74. The Hall–Kier alpha value is -2.33. The fraction of sp³-hybridized carbons (Fsp3) is 0.111. The zero-order valence-electron chi connectivity index (χ0n) is 14.9. The van der Waals surface area contributed by atoms with Crippen LogP contribution in [-0.2, 0) is 9.57 Å². The maximum atomic E-state index is 13.1. The van der Waals surface area contributed by atoms with Crippen molar-refractivity contribution in [2.75, 3.05) is 18.5 Å². The highest BCUT2D eigenvalue weighted by Gasteiger charge is 2.24. The summed E-state index contributed by atoms with van der Waals surface area (Å²) in [5.41, 5.74) is 0.801. The van der Waals surface area contributed by atoms with Gasteiger partial charge in [0.1, 0.15) is 16.9 Å². The lowest BCUT2D eigenvalue weighted by atomic mass is 10.1. The summed E-state index contributed by atoms with van der Waals surface area (Å²) in [5.74, 6) is -0.0630. The third-order valence-corrected chi connectivity index (χ3v) is 5.14. The van der Waals surface area contributed by atoms with Crippen molar-refractivity contribution in [2.45, 2.75) is 0 Å². The normalized spacial score (nSPS) is 13.3. The summed E-state index contributed by atoms with van der Waals surface area (Å²) in [7, 11) is 0. The van der Waals surface area contributed by atoms with Gasteiger partial charge in [-0.25, -0.2) is 9.67 Å². The van der Waals surface area contributed by atoms with Crippen LogP contribution >= 0.6 is 50.7 Å². The van der Waals surface area contributed by atoms with Gasteiger partial charge in [0.2, 0.25) is 0 Å². The monoisotopic (exact) mass is 529 g/mol.